The van der Waals surface area contributed by atoms with Crippen LogP contribution in [0.5, 0.6) is 0 Å². The number of thioether (sulfide) groups is 1. The number of amides is 1. The first-order valence-corrected chi connectivity index (χ1v) is 11.3. The molecule has 0 unspecified atom stereocenters. The normalized spacial score (nSPS) is 13.6. The van der Waals surface area contributed by atoms with Gasteiger partial charge in [0.2, 0.25) is 0 Å². The van der Waals surface area contributed by atoms with Gasteiger partial charge in [-0.25, -0.2) is 4.68 Å². The number of para-hydroxylation sites is 1. The number of rotatable bonds is 3. The zero-order valence-corrected chi connectivity index (χ0v) is 17.7. The quantitative estimate of drug-likeness (QED) is 0.480. The molecule has 0 bridgehead atoms. The van der Waals surface area contributed by atoms with Crippen molar-refractivity contribution in [1.82, 2.24) is 9.78 Å². The van der Waals surface area contributed by atoms with Crippen LogP contribution in [0.3, 0.4) is 0 Å². The molecule has 0 saturated heterocycles. The highest BCUT2D eigenvalue weighted by atomic mass is 32.2. The summed E-state index contributed by atoms with van der Waals surface area (Å²) in [6, 6.07) is 24.9. The summed E-state index contributed by atoms with van der Waals surface area (Å²) in [5.74, 6) is 0.788. The van der Waals surface area contributed by atoms with Crippen LogP contribution in [0.1, 0.15) is 22.5 Å². The average Bonchev–Trinajstić information content (AvgIpc) is 3.04. The number of hydrogen-bond donors (Lipinski definition) is 0. The van der Waals surface area contributed by atoms with Gasteiger partial charge in [-0.15, -0.1) is 11.8 Å². The summed E-state index contributed by atoms with van der Waals surface area (Å²) in [5, 5.41) is 5.68. The highest BCUT2D eigenvalue weighted by Crippen LogP contribution is 2.34. The van der Waals surface area contributed by atoms with E-state index in [4.69, 9.17) is 0 Å². The number of carbonyl (C=O) groups excluding carboxylic acids is 1. The van der Waals surface area contributed by atoms with Crippen LogP contribution >= 0.6 is 11.8 Å². The number of fused-ring (bicyclic) bond motifs is 2. The zero-order valence-electron chi connectivity index (χ0n) is 16.9. The third-order valence-corrected chi connectivity index (χ3v) is 6.58. The number of hydrogen-bond acceptors (Lipinski definition) is 4. The fourth-order valence-electron chi connectivity index (χ4n) is 3.92. The van der Waals surface area contributed by atoms with Crippen molar-refractivity contribution in [1.29, 1.82) is 0 Å². The van der Waals surface area contributed by atoms with E-state index in [1.165, 1.54) is 4.68 Å². The van der Waals surface area contributed by atoms with Gasteiger partial charge in [-0.1, -0.05) is 60.7 Å². The van der Waals surface area contributed by atoms with Crippen LogP contribution in [0, 0.1) is 0 Å². The molecule has 0 radical (unpaired) electrons. The van der Waals surface area contributed by atoms with Crippen molar-refractivity contribution in [3.63, 3.8) is 0 Å². The Morgan fingerprint density at radius 3 is 2.45 bits per heavy atom. The summed E-state index contributed by atoms with van der Waals surface area (Å²) in [4.78, 5) is 29.8. The summed E-state index contributed by atoms with van der Waals surface area (Å²) < 4.78 is 1.41. The van der Waals surface area contributed by atoms with Crippen LogP contribution in [-0.4, -0.2) is 28.0 Å². The molecule has 1 aromatic heterocycles. The minimum Gasteiger partial charge on any atom is -0.306 e. The Morgan fingerprint density at radius 1 is 0.903 bits per heavy atom. The molecule has 5 rings (SSSR count). The molecule has 5 nitrogen and oxygen atoms in total. The zero-order chi connectivity index (χ0) is 21.2. The van der Waals surface area contributed by atoms with Crippen molar-refractivity contribution >= 4 is 34.1 Å². The number of anilines is 1. The monoisotopic (exact) mass is 427 g/mol. The van der Waals surface area contributed by atoms with Gasteiger partial charge in [0, 0.05) is 16.8 Å². The lowest BCUT2D eigenvalue weighted by Gasteiger charge is -2.23. The van der Waals surface area contributed by atoms with Gasteiger partial charge in [0.15, 0.2) is 5.69 Å². The first-order chi connectivity index (χ1) is 15.2. The Kier molecular flexibility index (Phi) is 5.30. The van der Waals surface area contributed by atoms with Gasteiger partial charge in [0.05, 0.1) is 17.6 Å². The van der Waals surface area contributed by atoms with Crippen LogP contribution in [0.15, 0.2) is 88.6 Å². The third kappa shape index (κ3) is 3.75. The molecule has 1 amide bonds. The van der Waals surface area contributed by atoms with Crippen molar-refractivity contribution < 1.29 is 4.79 Å². The van der Waals surface area contributed by atoms with E-state index in [-0.39, 0.29) is 11.5 Å². The SMILES string of the molecule is O=C(c1nn(Cc2ccccc2)c(=O)c2ccccc12)N1CCCSc2ccccc21. The highest BCUT2D eigenvalue weighted by molar-refractivity contribution is 7.99. The molecule has 4 aromatic rings. The van der Waals surface area contributed by atoms with Crippen molar-refractivity contribution in [2.75, 3.05) is 17.2 Å². The number of nitrogens with zero attached hydrogens (tertiary/aromatic N) is 3. The van der Waals surface area contributed by atoms with Gasteiger partial charge in [-0.2, -0.15) is 5.10 Å². The van der Waals surface area contributed by atoms with Crippen LogP contribution in [0.4, 0.5) is 5.69 Å². The molecule has 1 aliphatic rings. The van der Waals surface area contributed by atoms with E-state index in [0.29, 0.717) is 29.6 Å². The molecule has 0 spiro atoms. The van der Waals surface area contributed by atoms with E-state index in [0.717, 1.165) is 28.3 Å². The third-order valence-electron chi connectivity index (χ3n) is 5.43. The summed E-state index contributed by atoms with van der Waals surface area (Å²) in [6.07, 6.45) is 0.896. The maximum Gasteiger partial charge on any atom is 0.279 e. The molecule has 0 saturated carbocycles. The van der Waals surface area contributed by atoms with Gasteiger partial charge < -0.3 is 4.90 Å². The van der Waals surface area contributed by atoms with Crippen molar-refractivity contribution in [3.05, 3.63) is 100 Å². The fraction of sp³-hybridized carbons (Fsp3) is 0.160. The van der Waals surface area contributed by atoms with Gasteiger partial charge in [0.25, 0.3) is 11.5 Å². The van der Waals surface area contributed by atoms with E-state index in [2.05, 4.69) is 5.10 Å². The van der Waals surface area contributed by atoms with E-state index < -0.39 is 0 Å². The Morgan fingerprint density at radius 2 is 1.61 bits per heavy atom. The van der Waals surface area contributed by atoms with Crippen LogP contribution in [0.2, 0.25) is 0 Å². The molecule has 154 valence electrons. The van der Waals surface area contributed by atoms with E-state index in [1.54, 1.807) is 22.7 Å². The Bertz CT molecular complexity index is 1320. The maximum absolute atomic E-state index is 13.8. The van der Waals surface area contributed by atoms with Gasteiger partial charge in [0.1, 0.15) is 0 Å². The fourth-order valence-corrected chi connectivity index (χ4v) is 4.92. The molecule has 0 atom stereocenters. The molecule has 0 aliphatic carbocycles. The predicted octanol–water partition coefficient (Wildman–Crippen LogP) is 4.59. The molecular weight excluding hydrogens is 406 g/mol. The van der Waals surface area contributed by atoms with E-state index >= 15 is 0 Å². The lowest BCUT2D eigenvalue weighted by Crippen LogP contribution is -2.35. The van der Waals surface area contributed by atoms with Crippen LogP contribution in [-0.2, 0) is 6.54 Å². The largest absolute Gasteiger partial charge is 0.306 e. The molecule has 31 heavy (non-hydrogen) atoms. The van der Waals surface area contributed by atoms with Gasteiger partial charge >= 0.3 is 0 Å². The summed E-state index contributed by atoms with van der Waals surface area (Å²) >= 11 is 1.77. The number of aromatic nitrogens is 2. The first kappa shape index (κ1) is 19.6. The molecular formula is C25H21N3O2S. The molecule has 2 heterocycles. The first-order valence-electron chi connectivity index (χ1n) is 10.3. The van der Waals surface area contributed by atoms with Gasteiger partial charge in [-0.3, -0.25) is 9.59 Å². The smallest absolute Gasteiger partial charge is 0.279 e. The minimum atomic E-state index is -0.192. The second-order valence-electron chi connectivity index (χ2n) is 7.47. The van der Waals surface area contributed by atoms with Gasteiger partial charge in [-0.05, 0) is 35.9 Å². The van der Waals surface area contributed by atoms with E-state index in [9.17, 15) is 9.59 Å². The topological polar surface area (TPSA) is 55.2 Å². The van der Waals surface area contributed by atoms with E-state index in [1.807, 2.05) is 72.8 Å². The number of carbonyl (C=O) groups is 1. The van der Waals surface area contributed by atoms with Crippen molar-refractivity contribution in [3.8, 4) is 0 Å². The Labute approximate surface area is 184 Å². The predicted molar refractivity (Wildman–Crippen MR) is 125 cm³/mol. The second kappa shape index (κ2) is 8.40. The highest BCUT2D eigenvalue weighted by Gasteiger charge is 2.26. The average molecular weight is 428 g/mol. The Balaban J connectivity index is 1.65. The van der Waals surface area contributed by atoms with Crippen LogP contribution < -0.4 is 10.5 Å². The summed E-state index contributed by atoms with van der Waals surface area (Å²) in [6.45, 7) is 0.938. The van der Waals surface area contributed by atoms with Crippen molar-refractivity contribution in [2.45, 2.75) is 17.9 Å². The minimum absolute atomic E-state index is 0.173. The lowest BCUT2D eigenvalue weighted by molar-refractivity contribution is 0.0981. The molecule has 0 fully saturated rings. The number of benzene rings is 3. The molecule has 1 aliphatic heterocycles. The van der Waals surface area contributed by atoms with Crippen molar-refractivity contribution in [2.24, 2.45) is 0 Å². The Hall–Kier alpha value is -3.38. The molecule has 3 aromatic carbocycles. The maximum atomic E-state index is 13.8. The molecule has 0 N–H and O–H groups in total. The summed E-state index contributed by atoms with van der Waals surface area (Å²) in [5.41, 5.74) is 1.99. The standard InChI is InChI=1S/C25H21N3O2S/c29-24-20-12-5-4-11-19(20)23(26-28(24)17-18-9-2-1-3-10-18)25(30)27-15-8-16-31-22-14-7-6-13-21(22)27/h1-7,9-14H,8,15-17H2. The lowest BCUT2D eigenvalue weighted by atomic mass is 10.1. The summed E-state index contributed by atoms with van der Waals surface area (Å²) in [7, 11) is 0. The van der Waals surface area contributed by atoms with Crippen LogP contribution in [0.25, 0.3) is 10.8 Å². The second-order valence-corrected chi connectivity index (χ2v) is 8.61. The molecule has 6 heteroatoms.